The Hall–Kier alpha value is -3.26. The fourth-order valence-electron chi connectivity index (χ4n) is 6.15. The monoisotopic (exact) mass is 476 g/mol. The van der Waals surface area contributed by atoms with Gasteiger partial charge in [0, 0.05) is 56.4 Å². The summed E-state index contributed by atoms with van der Waals surface area (Å²) < 4.78 is 13.6. The van der Waals surface area contributed by atoms with Gasteiger partial charge in [-0.25, -0.2) is 4.39 Å². The molecule has 0 bridgehead atoms. The number of piperidine rings is 2. The van der Waals surface area contributed by atoms with E-state index in [0.717, 1.165) is 56.6 Å². The molecule has 2 saturated heterocycles. The van der Waals surface area contributed by atoms with Crippen molar-refractivity contribution in [3.63, 3.8) is 0 Å². The summed E-state index contributed by atoms with van der Waals surface area (Å²) in [6.45, 7) is 4.19. The maximum atomic E-state index is 13.6. The number of carbonyl (C=O) groups excluding carboxylic acids is 3. The fraction of sp³-hybridized carbons (Fsp3) is 0.444. The van der Waals surface area contributed by atoms with E-state index in [4.69, 9.17) is 0 Å². The van der Waals surface area contributed by atoms with Gasteiger partial charge < -0.3 is 9.80 Å². The standard InChI is InChI=1S/C27H29FN4O3/c28-20-2-4-23-18(14-20)7-12-31(23)21-8-10-30(11-9-21)15-17-1-3-22-19(13-17)16-32(27(22)35)24-5-6-25(33)29-26(24)34/h1-4,13-14,21,24H,5-12,15-16H2,(H,29,33,34). The number of hydrogen-bond donors (Lipinski definition) is 1. The van der Waals surface area contributed by atoms with E-state index in [-0.39, 0.29) is 30.0 Å². The largest absolute Gasteiger partial charge is 0.368 e. The van der Waals surface area contributed by atoms with Crippen molar-refractivity contribution in [1.29, 1.82) is 0 Å². The second-order valence-electron chi connectivity index (χ2n) is 10.1. The molecular weight excluding hydrogens is 447 g/mol. The van der Waals surface area contributed by atoms with Gasteiger partial charge in [-0.2, -0.15) is 0 Å². The zero-order valence-electron chi connectivity index (χ0n) is 19.6. The average molecular weight is 477 g/mol. The van der Waals surface area contributed by atoms with Gasteiger partial charge in [-0.3, -0.25) is 24.6 Å². The topological polar surface area (TPSA) is 73.0 Å². The summed E-state index contributed by atoms with van der Waals surface area (Å²) in [7, 11) is 0. The molecule has 1 atom stereocenters. The maximum Gasteiger partial charge on any atom is 0.255 e. The van der Waals surface area contributed by atoms with Crippen molar-refractivity contribution in [2.75, 3.05) is 24.5 Å². The van der Waals surface area contributed by atoms with Crippen LogP contribution in [0.15, 0.2) is 36.4 Å². The molecule has 1 unspecified atom stereocenters. The third kappa shape index (κ3) is 4.10. The van der Waals surface area contributed by atoms with E-state index in [0.29, 0.717) is 24.6 Å². The number of nitrogens with zero attached hydrogens (tertiary/aromatic N) is 3. The van der Waals surface area contributed by atoms with Gasteiger partial charge in [0.15, 0.2) is 0 Å². The smallest absolute Gasteiger partial charge is 0.255 e. The second kappa shape index (κ2) is 8.75. The Morgan fingerprint density at radius 2 is 1.71 bits per heavy atom. The molecule has 4 aliphatic heterocycles. The van der Waals surface area contributed by atoms with Crippen LogP contribution in [0.4, 0.5) is 10.1 Å². The third-order valence-electron chi connectivity index (χ3n) is 7.97. The van der Waals surface area contributed by atoms with Crippen LogP contribution >= 0.6 is 0 Å². The number of nitrogens with one attached hydrogen (secondary N) is 1. The zero-order chi connectivity index (χ0) is 24.1. The highest BCUT2D eigenvalue weighted by Gasteiger charge is 2.39. The predicted octanol–water partition coefficient (Wildman–Crippen LogP) is 2.61. The summed E-state index contributed by atoms with van der Waals surface area (Å²) in [5.74, 6) is -0.940. The number of hydrogen-bond acceptors (Lipinski definition) is 5. The van der Waals surface area contributed by atoms with Crippen LogP contribution in [0.1, 0.15) is 52.7 Å². The minimum atomic E-state index is -0.581. The van der Waals surface area contributed by atoms with Crippen molar-refractivity contribution in [1.82, 2.24) is 15.1 Å². The average Bonchev–Trinajstić information content (AvgIpc) is 3.40. The Bertz CT molecular complexity index is 1210. The van der Waals surface area contributed by atoms with Gasteiger partial charge in [0.05, 0.1) is 0 Å². The minimum Gasteiger partial charge on any atom is -0.368 e. The fourth-order valence-corrected chi connectivity index (χ4v) is 6.15. The molecule has 2 fully saturated rings. The molecule has 182 valence electrons. The molecule has 7 nitrogen and oxygen atoms in total. The van der Waals surface area contributed by atoms with Crippen LogP contribution in [-0.2, 0) is 29.1 Å². The van der Waals surface area contributed by atoms with Crippen LogP contribution in [0.3, 0.4) is 0 Å². The van der Waals surface area contributed by atoms with Crippen molar-refractivity contribution in [2.45, 2.75) is 57.3 Å². The zero-order valence-corrected chi connectivity index (χ0v) is 19.6. The van der Waals surface area contributed by atoms with E-state index < -0.39 is 6.04 Å². The summed E-state index contributed by atoms with van der Waals surface area (Å²) in [5, 5.41) is 2.35. The summed E-state index contributed by atoms with van der Waals surface area (Å²) >= 11 is 0. The first-order valence-corrected chi connectivity index (χ1v) is 12.5. The Labute approximate surface area is 203 Å². The number of likely N-dealkylation sites (tertiary alicyclic amines) is 1. The molecule has 0 radical (unpaired) electrons. The molecule has 0 aliphatic carbocycles. The van der Waals surface area contributed by atoms with Crippen molar-refractivity contribution in [3.8, 4) is 0 Å². The molecule has 6 rings (SSSR count). The van der Waals surface area contributed by atoms with E-state index in [1.165, 1.54) is 11.3 Å². The summed E-state index contributed by atoms with van der Waals surface area (Å²) in [6, 6.07) is 11.1. The SMILES string of the molecule is O=C1CCC(N2Cc3cc(CN4CCC(N5CCc6cc(F)ccc65)CC4)ccc3C2=O)C(=O)N1. The molecule has 2 aromatic rings. The Morgan fingerprint density at radius 3 is 2.51 bits per heavy atom. The number of halogens is 1. The molecule has 8 heteroatoms. The van der Waals surface area contributed by atoms with Crippen molar-refractivity contribution < 1.29 is 18.8 Å². The van der Waals surface area contributed by atoms with E-state index in [2.05, 4.69) is 21.2 Å². The molecule has 1 N–H and O–H groups in total. The van der Waals surface area contributed by atoms with Gasteiger partial charge in [-0.15, -0.1) is 0 Å². The quantitative estimate of drug-likeness (QED) is 0.687. The molecule has 0 saturated carbocycles. The Kier molecular flexibility index (Phi) is 5.56. The molecule has 3 amide bonds. The van der Waals surface area contributed by atoms with E-state index >= 15 is 0 Å². The third-order valence-corrected chi connectivity index (χ3v) is 7.97. The van der Waals surface area contributed by atoms with Crippen LogP contribution in [-0.4, -0.2) is 59.2 Å². The van der Waals surface area contributed by atoms with Crippen LogP contribution in [0.5, 0.6) is 0 Å². The lowest BCUT2D eigenvalue weighted by Gasteiger charge is -2.38. The normalized spacial score (nSPS) is 23.0. The summed E-state index contributed by atoms with van der Waals surface area (Å²) in [6.07, 6.45) is 3.70. The molecule has 0 aromatic heterocycles. The Balaban J connectivity index is 1.07. The number of imide groups is 1. The molecule has 2 aromatic carbocycles. The van der Waals surface area contributed by atoms with Crippen molar-refractivity contribution >= 4 is 23.4 Å². The van der Waals surface area contributed by atoms with Crippen molar-refractivity contribution in [2.24, 2.45) is 0 Å². The van der Waals surface area contributed by atoms with Crippen molar-refractivity contribution in [3.05, 3.63) is 64.5 Å². The maximum absolute atomic E-state index is 13.6. The molecule has 0 spiro atoms. The van der Waals surface area contributed by atoms with Crippen LogP contribution in [0.25, 0.3) is 0 Å². The van der Waals surface area contributed by atoms with Gasteiger partial charge >= 0.3 is 0 Å². The van der Waals surface area contributed by atoms with Gasteiger partial charge in [-0.1, -0.05) is 12.1 Å². The summed E-state index contributed by atoms with van der Waals surface area (Å²) in [5.41, 5.74) is 5.08. The predicted molar refractivity (Wildman–Crippen MR) is 128 cm³/mol. The summed E-state index contributed by atoms with van der Waals surface area (Å²) in [4.78, 5) is 43.2. The van der Waals surface area contributed by atoms with Gasteiger partial charge in [0.2, 0.25) is 11.8 Å². The highest BCUT2D eigenvalue weighted by molar-refractivity contribution is 6.05. The molecule has 4 aliphatic rings. The highest BCUT2D eigenvalue weighted by atomic mass is 19.1. The van der Waals surface area contributed by atoms with Crippen LogP contribution < -0.4 is 10.2 Å². The lowest BCUT2D eigenvalue weighted by atomic mass is 10.0. The van der Waals surface area contributed by atoms with Gasteiger partial charge in [0.1, 0.15) is 11.9 Å². The number of fused-ring (bicyclic) bond motifs is 2. The minimum absolute atomic E-state index is 0.132. The number of amides is 3. The number of anilines is 1. The van der Waals surface area contributed by atoms with E-state index in [1.54, 1.807) is 17.0 Å². The van der Waals surface area contributed by atoms with E-state index in [1.807, 2.05) is 18.2 Å². The first-order chi connectivity index (χ1) is 17.0. The number of carbonyl (C=O) groups is 3. The second-order valence-corrected chi connectivity index (χ2v) is 10.1. The van der Waals surface area contributed by atoms with Gasteiger partial charge in [-0.05, 0) is 66.6 Å². The Morgan fingerprint density at radius 1 is 0.886 bits per heavy atom. The lowest BCUT2D eigenvalue weighted by molar-refractivity contribution is -0.136. The first-order valence-electron chi connectivity index (χ1n) is 12.5. The first kappa shape index (κ1) is 22.2. The molecule has 4 heterocycles. The van der Waals surface area contributed by atoms with Crippen LogP contribution in [0, 0.1) is 5.82 Å². The number of benzene rings is 2. The number of rotatable bonds is 4. The van der Waals surface area contributed by atoms with Crippen LogP contribution in [0.2, 0.25) is 0 Å². The lowest BCUT2D eigenvalue weighted by Crippen LogP contribution is -2.52. The molecular formula is C27H29FN4O3. The van der Waals surface area contributed by atoms with Gasteiger partial charge in [0.25, 0.3) is 5.91 Å². The van der Waals surface area contributed by atoms with E-state index in [9.17, 15) is 18.8 Å². The molecule has 35 heavy (non-hydrogen) atoms. The highest BCUT2D eigenvalue weighted by Crippen LogP contribution is 2.34.